The molecule has 1 N–H and O–H groups in total. The third-order valence-electron chi connectivity index (χ3n) is 7.76. The molecule has 9 heteroatoms. The van der Waals surface area contributed by atoms with Crippen LogP contribution in [0.4, 0.5) is 0 Å². The maximum atomic E-state index is 13.9. The van der Waals surface area contributed by atoms with Crippen LogP contribution in [-0.2, 0) is 10.5 Å². The van der Waals surface area contributed by atoms with Gasteiger partial charge >= 0.3 is 0 Å². The number of benzene rings is 1. The molecular formula is C26H32ClN5O2S. The molecule has 3 aromatic rings. The summed E-state index contributed by atoms with van der Waals surface area (Å²) < 4.78 is 2.63. The molecule has 2 aliphatic rings. The van der Waals surface area contributed by atoms with Crippen LogP contribution in [-0.4, -0.2) is 64.4 Å². The van der Waals surface area contributed by atoms with Crippen molar-refractivity contribution in [2.24, 2.45) is 11.8 Å². The SMILES string of the molecule is CN1CCC(C2CCN(C(=O)[C@](C)(NC(=O)c3cc4ccc(Cl)cc4s3)n3ccnc3)CC2)CC1. The lowest BCUT2D eigenvalue weighted by atomic mass is 9.79. The van der Waals surface area contributed by atoms with Gasteiger partial charge in [0.2, 0.25) is 0 Å². The number of aromatic nitrogens is 2. The van der Waals surface area contributed by atoms with Gasteiger partial charge in [-0.1, -0.05) is 17.7 Å². The van der Waals surface area contributed by atoms with Crippen LogP contribution in [0.1, 0.15) is 42.3 Å². The molecule has 1 atom stereocenters. The van der Waals surface area contributed by atoms with Crippen molar-refractivity contribution in [3.05, 3.63) is 52.9 Å². The Labute approximate surface area is 215 Å². The quantitative estimate of drug-likeness (QED) is 0.547. The van der Waals surface area contributed by atoms with Gasteiger partial charge in [0, 0.05) is 35.2 Å². The van der Waals surface area contributed by atoms with Gasteiger partial charge in [0.25, 0.3) is 11.8 Å². The summed E-state index contributed by atoms with van der Waals surface area (Å²) in [5, 5.41) is 4.62. The highest BCUT2D eigenvalue weighted by atomic mass is 35.5. The molecule has 2 aliphatic heterocycles. The lowest BCUT2D eigenvalue weighted by Crippen LogP contribution is -2.60. The molecule has 0 unspecified atom stereocenters. The number of rotatable bonds is 5. The van der Waals surface area contributed by atoms with Gasteiger partial charge in [0.05, 0.1) is 11.2 Å². The molecule has 0 saturated carbocycles. The van der Waals surface area contributed by atoms with E-state index in [2.05, 4.69) is 22.2 Å². The van der Waals surface area contributed by atoms with E-state index in [1.807, 2.05) is 29.2 Å². The molecule has 1 aromatic carbocycles. The average Bonchev–Trinajstić information content (AvgIpc) is 3.55. The molecule has 7 nitrogen and oxygen atoms in total. The zero-order chi connectivity index (χ0) is 24.6. The minimum atomic E-state index is -1.26. The minimum Gasteiger partial charge on any atom is -0.339 e. The molecule has 4 heterocycles. The maximum Gasteiger partial charge on any atom is 0.269 e. The number of nitrogens with zero attached hydrogens (tertiary/aromatic N) is 4. The van der Waals surface area contributed by atoms with Crippen LogP contribution in [0.2, 0.25) is 5.02 Å². The van der Waals surface area contributed by atoms with E-state index < -0.39 is 5.66 Å². The largest absolute Gasteiger partial charge is 0.339 e. The fourth-order valence-electron chi connectivity index (χ4n) is 5.53. The minimum absolute atomic E-state index is 0.102. The number of piperidine rings is 2. The molecule has 2 saturated heterocycles. The second kappa shape index (κ2) is 9.91. The molecule has 2 amide bonds. The monoisotopic (exact) mass is 513 g/mol. The van der Waals surface area contributed by atoms with Gasteiger partial charge in [-0.2, -0.15) is 0 Å². The number of carbonyl (C=O) groups excluding carboxylic acids is 2. The van der Waals surface area contributed by atoms with E-state index in [-0.39, 0.29) is 11.8 Å². The lowest BCUT2D eigenvalue weighted by molar-refractivity contribution is -0.143. The first kappa shape index (κ1) is 24.3. The molecule has 2 aromatic heterocycles. The summed E-state index contributed by atoms with van der Waals surface area (Å²) >= 11 is 7.49. The van der Waals surface area contributed by atoms with E-state index in [4.69, 9.17) is 11.6 Å². The Morgan fingerprint density at radius 3 is 2.43 bits per heavy atom. The average molecular weight is 514 g/mol. The second-order valence-corrected chi connectivity index (χ2v) is 11.6. The summed E-state index contributed by atoms with van der Waals surface area (Å²) in [6.07, 6.45) is 9.49. The third-order valence-corrected chi connectivity index (χ3v) is 9.09. The Bertz CT molecular complexity index is 1200. The molecule has 0 aliphatic carbocycles. The molecule has 186 valence electrons. The third kappa shape index (κ3) is 4.97. The first-order valence-electron chi connectivity index (χ1n) is 12.3. The van der Waals surface area contributed by atoms with Crippen molar-refractivity contribution in [3.8, 4) is 0 Å². The summed E-state index contributed by atoms with van der Waals surface area (Å²) in [5.74, 6) is 1.04. The van der Waals surface area contributed by atoms with Crippen molar-refractivity contribution < 1.29 is 9.59 Å². The highest BCUT2D eigenvalue weighted by Gasteiger charge is 2.42. The number of hydrogen-bond donors (Lipinski definition) is 1. The first-order chi connectivity index (χ1) is 16.8. The highest BCUT2D eigenvalue weighted by Crippen LogP contribution is 2.34. The van der Waals surface area contributed by atoms with Crippen LogP contribution in [0.3, 0.4) is 0 Å². The first-order valence-corrected chi connectivity index (χ1v) is 13.5. The number of halogens is 1. The maximum absolute atomic E-state index is 13.9. The second-order valence-electron chi connectivity index (χ2n) is 10.1. The molecule has 0 bridgehead atoms. The van der Waals surface area contributed by atoms with E-state index in [1.54, 1.807) is 30.2 Å². The Hall–Kier alpha value is -2.42. The topological polar surface area (TPSA) is 70.5 Å². The van der Waals surface area contributed by atoms with Gasteiger partial charge in [-0.05, 0) is 88.2 Å². The Balaban J connectivity index is 1.31. The number of likely N-dealkylation sites (tertiary alicyclic amines) is 2. The molecule has 2 fully saturated rings. The predicted octanol–water partition coefficient (Wildman–Crippen LogP) is 4.43. The van der Waals surface area contributed by atoms with Crippen LogP contribution in [0.15, 0.2) is 43.0 Å². The van der Waals surface area contributed by atoms with Gasteiger partial charge < -0.3 is 19.7 Å². The van der Waals surface area contributed by atoms with Gasteiger partial charge in [-0.3, -0.25) is 9.59 Å². The number of fused-ring (bicyclic) bond motifs is 1. The number of thiophene rings is 1. The fourth-order valence-corrected chi connectivity index (χ4v) is 6.77. The lowest BCUT2D eigenvalue weighted by Gasteiger charge is -2.42. The summed E-state index contributed by atoms with van der Waals surface area (Å²) in [7, 11) is 2.19. The van der Waals surface area contributed by atoms with E-state index in [0.717, 1.165) is 41.9 Å². The number of carbonyl (C=O) groups is 2. The highest BCUT2D eigenvalue weighted by molar-refractivity contribution is 7.20. The van der Waals surface area contributed by atoms with E-state index in [9.17, 15) is 9.59 Å². The Morgan fingerprint density at radius 1 is 1.09 bits per heavy atom. The van der Waals surface area contributed by atoms with Gasteiger partial charge in [-0.15, -0.1) is 11.3 Å². The standard InChI is InChI=1S/C26H32ClN5O2S/c1-26(32-14-9-28-17-32,29-24(33)23-15-20-3-4-21(27)16-22(20)35-23)25(34)31-12-7-19(8-13-31)18-5-10-30(2)11-6-18/h3-4,9,14-19H,5-8,10-13H2,1-2H3,(H,29,33)/t26-/m1/s1. The van der Waals surface area contributed by atoms with Crippen molar-refractivity contribution in [1.82, 2.24) is 24.7 Å². The molecule has 5 rings (SSSR count). The number of amides is 2. The number of imidazole rings is 1. The molecule has 0 radical (unpaired) electrons. The van der Waals surface area contributed by atoms with E-state index in [0.29, 0.717) is 15.8 Å². The van der Waals surface area contributed by atoms with E-state index in [1.165, 1.54) is 37.3 Å². The van der Waals surface area contributed by atoms with Crippen LogP contribution < -0.4 is 5.32 Å². The molecule has 0 spiro atoms. The van der Waals surface area contributed by atoms with Crippen LogP contribution in [0.25, 0.3) is 10.1 Å². The number of nitrogens with one attached hydrogen (secondary N) is 1. The van der Waals surface area contributed by atoms with Crippen molar-refractivity contribution in [2.45, 2.75) is 38.3 Å². The van der Waals surface area contributed by atoms with Gasteiger partial charge in [-0.25, -0.2) is 4.98 Å². The van der Waals surface area contributed by atoms with Crippen LogP contribution in [0, 0.1) is 11.8 Å². The molecule has 35 heavy (non-hydrogen) atoms. The van der Waals surface area contributed by atoms with Gasteiger partial charge in [0.15, 0.2) is 5.66 Å². The summed E-state index contributed by atoms with van der Waals surface area (Å²) in [5.41, 5.74) is -1.26. The van der Waals surface area contributed by atoms with Crippen molar-refractivity contribution >= 4 is 44.8 Å². The normalized spacial score (nSPS) is 20.1. The summed E-state index contributed by atoms with van der Waals surface area (Å²) in [6.45, 7) is 5.54. The molecular weight excluding hydrogens is 482 g/mol. The zero-order valence-corrected chi connectivity index (χ0v) is 21.8. The Kier molecular flexibility index (Phi) is 6.88. The summed E-state index contributed by atoms with van der Waals surface area (Å²) in [4.78, 5) is 36.2. The Morgan fingerprint density at radius 2 is 1.77 bits per heavy atom. The van der Waals surface area contributed by atoms with Crippen molar-refractivity contribution in [3.63, 3.8) is 0 Å². The van der Waals surface area contributed by atoms with Crippen LogP contribution >= 0.6 is 22.9 Å². The fraction of sp³-hybridized carbons (Fsp3) is 0.500. The smallest absolute Gasteiger partial charge is 0.269 e. The summed E-state index contributed by atoms with van der Waals surface area (Å²) in [6, 6.07) is 7.41. The van der Waals surface area contributed by atoms with Crippen molar-refractivity contribution in [2.75, 3.05) is 33.2 Å². The number of hydrogen-bond acceptors (Lipinski definition) is 5. The zero-order valence-electron chi connectivity index (χ0n) is 20.2. The van der Waals surface area contributed by atoms with Crippen LogP contribution in [0.5, 0.6) is 0 Å². The van der Waals surface area contributed by atoms with Crippen molar-refractivity contribution in [1.29, 1.82) is 0 Å². The predicted molar refractivity (Wildman–Crippen MR) is 140 cm³/mol. The van der Waals surface area contributed by atoms with Gasteiger partial charge in [0.1, 0.15) is 0 Å². The van der Waals surface area contributed by atoms with E-state index >= 15 is 0 Å².